The Kier molecular flexibility index (Phi) is 6.88. The first-order valence-corrected chi connectivity index (χ1v) is 8.14. The predicted molar refractivity (Wildman–Crippen MR) is 95.4 cm³/mol. The SMILES string of the molecule is C[C@H](NC(=O)c1ccc(C(C)(C)C)cc1)C(=O)O[C@H](C)C(=O)NC(N)=O. The van der Waals surface area contributed by atoms with Crippen LogP contribution in [0, 0.1) is 0 Å². The number of hydrogen-bond donors (Lipinski definition) is 3. The van der Waals surface area contributed by atoms with Crippen molar-refractivity contribution in [2.75, 3.05) is 0 Å². The maximum Gasteiger partial charge on any atom is 0.329 e. The number of carbonyl (C=O) groups excluding carboxylic acids is 4. The van der Waals surface area contributed by atoms with Crippen molar-refractivity contribution in [3.05, 3.63) is 35.4 Å². The molecule has 26 heavy (non-hydrogen) atoms. The minimum atomic E-state index is -1.22. The fraction of sp³-hybridized carbons (Fsp3) is 0.444. The van der Waals surface area contributed by atoms with Crippen molar-refractivity contribution in [1.29, 1.82) is 0 Å². The Balaban J connectivity index is 2.64. The van der Waals surface area contributed by atoms with Gasteiger partial charge in [0.2, 0.25) is 0 Å². The summed E-state index contributed by atoms with van der Waals surface area (Å²) in [6, 6.07) is 5.04. The lowest BCUT2D eigenvalue weighted by Crippen LogP contribution is -2.45. The highest BCUT2D eigenvalue weighted by molar-refractivity contribution is 5.98. The van der Waals surface area contributed by atoms with Gasteiger partial charge in [-0.25, -0.2) is 9.59 Å². The fourth-order valence-corrected chi connectivity index (χ4v) is 2.01. The molecule has 4 amide bonds. The Labute approximate surface area is 152 Å². The highest BCUT2D eigenvalue weighted by atomic mass is 16.5. The van der Waals surface area contributed by atoms with Gasteiger partial charge in [-0.05, 0) is 37.0 Å². The summed E-state index contributed by atoms with van der Waals surface area (Å²) >= 11 is 0. The molecule has 0 unspecified atom stereocenters. The number of amides is 4. The number of benzene rings is 1. The quantitative estimate of drug-likeness (QED) is 0.678. The molecule has 0 aliphatic carbocycles. The number of ether oxygens (including phenoxy) is 1. The van der Waals surface area contributed by atoms with Gasteiger partial charge in [0.25, 0.3) is 11.8 Å². The summed E-state index contributed by atoms with van der Waals surface area (Å²) in [5.74, 6) is -2.09. The Bertz CT molecular complexity index is 692. The normalized spacial score (nSPS) is 13.3. The Morgan fingerprint density at radius 1 is 1.04 bits per heavy atom. The molecule has 8 heteroatoms. The summed E-state index contributed by atoms with van der Waals surface area (Å²) in [6.07, 6.45) is -1.22. The number of urea groups is 1. The molecule has 8 nitrogen and oxygen atoms in total. The topological polar surface area (TPSA) is 128 Å². The van der Waals surface area contributed by atoms with Gasteiger partial charge in [0.15, 0.2) is 6.10 Å². The number of imide groups is 1. The minimum absolute atomic E-state index is 0.0340. The first-order chi connectivity index (χ1) is 11.9. The van der Waals surface area contributed by atoms with E-state index in [-0.39, 0.29) is 5.41 Å². The van der Waals surface area contributed by atoms with Crippen LogP contribution in [0.25, 0.3) is 0 Å². The van der Waals surface area contributed by atoms with Gasteiger partial charge in [0, 0.05) is 5.56 Å². The average Bonchev–Trinajstić information content (AvgIpc) is 2.53. The second-order valence-electron chi connectivity index (χ2n) is 6.96. The molecule has 142 valence electrons. The molecule has 0 saturated heterocycles. The molecule has 0 aliphatic rings. The van der Waals surface area contributed by atoms with Crippen LogP contribution in [0.2, 0.25) is 0 Å². The van der Waals surface area contributed by atoms with Crippen LogP contribution in [-0.4, -0.2) is 36.0 Å². The smallest absolute Gasteiger partial charge is 0.329 e. The lowest BCUT2D eigenvalue weighted by atomic mass is 9.86. The van der Waals surface area contributed by atoms with Gasteiger partial charge < -0.3 is 15.8 Å². The van der Waals surface area contributed by atoms with E-state index in [0.717, 1.165) is 5.56 Å². The lowest BCUT2D eigenvalue weighted by molar-refractivity contribution is -0.155. The monoisotopic (exact) mass is 363 g/mol. The van der Waals surface area contributed by atoms with Gasteiger partial charge >= 0.3 is 12.0 Å². The van der Waals surface area contributed by atoms with E-state index in [1.54, 1.807) is 17.4 Å². The summed E-state index contributed by atoms with van der Waals surface area (Å²) in [4.78, 5) is 46.3. The number of hydrogen-bond acceptors (Lipinski definition) is 5. The molecule has 0 aromatic heterocycles. The third-order valence-corrected chi connectivity index (χ3v) is 3.62. The minimum Gasteiger partial charge on any atom is -0.451 e. The molecule has 4 N–H and O–H groups in total. The molecule has 1 aromatic carbocycles. The van der Waals surface area contributed by atoms with E-state index >= 15 is 0 Å². The number of esters is 1. The van der Waals surface area contributed by atoms with Gasteiger partial charge in [0.05, 0.1) is 0 Å². The highest BCUT2D eigenvalue weighted by Gasteiger charge is 2.24. The van der Waals surface area contributed by atoms with Crippen LogP contribution >= 0.6 is 0 Å². The average molecular weight is 363 g/mol. The summed E-state index contributed by atoms with van der Waals surface area (Å²) < 4.78 is 4.90. The van der Waals surface area contributed by atoms with E-state index < -0.39 is 36.0 Å². The van der Waals surface area contributed by atoms with Crippen molar-refractivity contribution in [2.45, 2.75) is 52.2 Å². The zero-order valence-corrected chi connectivity index (χ0v) is 15.6. The molecule has 0 spiro atoms. The number of carbonyl (C=O) groups is 4. The van der Waals surface area contributed by atoms with E-state index in [9.17, 15) is 19.2 Å². The van der Waals surface area contributed by atoms with Gasteiger partial charge in [-0.15, -0.1) is 0 Å². The first kappa shape index (κ1) is 21.1. The van der Waals surface area contributed by atoms with Crippen LogP contribution in [0.3, 0.4) is 0 Å². The molecule has 1 aromatic rings. The van der Waals surface area contributed by atoms with Crippen molar-refractivity contribution in [1.82, 2.24) is 10.6 Å². The second-order valence-corrected chi connectivity index (χ2v) is 6.96. The first-order valence-electron chi connectivity index (χ1n) is 8.14. The standard InChI is InChI=1S/C18H25N3O5/c1-10(16(24)26-11(2)14(22)21-17(19)25)20-15(23)12-6-8-13(9-7-12)18(3,4)5/h6-11H,1-5H3,(H,20,23)(H3,19,21,22,25)/t10-,11+/m0/s1. The maximum absolute atomic E-state index is 12.2. The summed E-state index contributed by atoms with van der Waals surface area (Å²) in [5, 5.41) is 4.31. The zero-order valence-electron chi connectivity index (χ0n) is 15.6. The van der Waals surface area contributed by atoms with Gasteiger partial charge in [-0.1, -0.05) is 32.9 Å². The largest absolute Gasteiger partial charge is 0.451 e. The predicted octanol–water partition coefficient (Wildman–Crippen LogP) is 1.23. The van der Waals surface area contributed by atoms with Crippen molar-refractivity contribution in [2.24, 2.45) is 5.73 Å². The molecule has 0 bridgehead atoms. The molecule has 0 saturated carbocycles. The molecule has 2 atom stereocenters. The third-order valence-electron chi connectivity index (χ3n) is 3.62. The van der Waals surface area contributed by atoms with Gasteiger partial charge in [0.1, 0.15) is 6.04 Å². The van der Waals surface area contributed by atoms with E-state index in [2.05, 4.69) is 26.1 Å². The Hall–Kier alpha value is -2.90. The Morgan fingerprint density at radius 2 is 1.58 bits per heavy atom. The molecule has 0 aliphatic heterocycles. The number of rotatable bonds is 5. The van der Waals surface area contributed by atoms with Crippen LogP contribution in [0.4, 0.5) is 4.79 Å². The van der Waals surface area contributed by atoms with Crippen LogP contribution in [0.1, 0.15) is 50.5 Å². The highest BCUT2D eigenvalue weighted by Crippen LogP contribution is 2.22. The van der Waals surface area contributed by atoms with E-state index in [4.69, 9.17) is 10.5 Å². The molecular formula is C18H25N3O5. The van der Waals surface area contributed by atoms with Gasteiger partial charge in [-0.2, -0.15) is 0 Å². The van der Waals surface area contributed by atoms with Crippen LogP contribution < -0.4 is 16.4 Å². The van der Waals surface area contributed by atoms with E-state index in [0.29, 0.717) is 5.56 Å². The van der Waals surface area contributed by atoms with Crippen molar-refractivity contribution in [3.63, 3.8) is 0 Å². The van der Waals surface area contributed by atoms with Crippen molar-refractivity contribution in [3.8, 4) is 0 Å². The lowest BCUT2D eigenvalue weighted by Gasteiger charge is -2.19. The molecule has 0 heterocycles. The Morgan fingerprint density at radius 3 is 2.04 bits per heavy atom. The zero-order chi connectivity index (χ0) is 20.1. The number of nitrogens with two attached hydrogens (primary N) is 1. The van der Waals surface area contributed by atoms with Crippen LogP contribution in [0.15, 0.2) is 24.3 Å². The number of primary amides is 1. The van der Waals surface area contributed by atoms with Crippen LogP contribution in [-0.2, 0) is 19.7 Å². The molecule has 0 radical (unpaired) electrons. The fourth-order valence-electron chi connectivity index (χ4n) is 2.01. The molecule has 0 fully saturated rings. The number of nitrogens with one attached hydrogen (secondary N) is 2. The van der Waals surface area contributed by atoms with E-state index in [1.165, 1.54) is 13.8 Å². The summed E-state index contributed by atoms with van der Waals surface area (Å²) in [5.41, 5.74) is 6.27. The van der Waals surface area contributed by atoms with Crippen LogP contribution in [0.5, 0.6) is 0 Å². The summed E-state index contributed by atoms with van der Waals surface area (Å²) in [7, 11) is 0. The van der Waals surface area contributed by atoms with Crippen molar-refractivity contribution >= 4 is 23.8 Å². The third kappa shape index (κ3) is 6.19. The molecule has 1 rings (SSSR count). The second kappa shape index (κ2) is 8.46. The molecular weight excluding hydrogens is 338 g/mol. The maximum atomic E-state index is 12.2. The summed E-state index contributed by atoms with van der Waals surface area (Å²) in [6.45, 7) is 8.92. The van der Waals surface area contributed by atoms with Gasteiger partial charge in [-0.3, -0.25) is 14.9 Å². The van der Waals surface area contributed by atoms with Crippen molar-refractivity contribution < 1.29 is 23.9 Å². The van der Waals surface area contributed by atoms with E-state index in [1.807, 2.05) is 12.1 Å².